The third-order valence-electron chi connectivity index (χ3n) is 4.53. The molecule has 1 aromatic heterocycles. The van der Waals surface area contributed by atoms with Gasteiger partial charge < -0.3 is 15.2 Å². The average molecular weight is 306 g/mol. The summed E-state index contributed by atoms with van der Waals surface area (Å²) in [6, 6.07) is 6.03. The number of likely N-dealkylation sites (tertiary alicyclic amines) is 1. The van der Waals surface area contributed by atoms with Crippen LogP contribution in [0.5, 0.6) is 0 Å². The van der Waals surface area contributed by atoms with Gasteiger partial charge in [0.15, 0.2) is 0 Å². The summed E-state index contributed by atoms with van der Waals surface area (Å²) in [5.41, 5.74) is 2.43. The van der Waals surface area contributed by atoms with Gasteiger partial charge in [0.2, 0.25) is 0 Å². The molecular weight excluding hydrogens is 282 g/mol. The van der Waals surface area contributed by atoms with E-state index in [1.807, 2.05) is 12.1 Å². The molecule has 0 aliphatic carbocycles. The topological polar surface area (TPSA) is 31.1 Å². The lowest BCUT2D eigenvalue weighted by Crippen LogP contribution is -2.37. The predicted octanol–water partition coefficient (Wildman–Crippen LogP) is 3.64. The van der Waals surface area contributed by atoms with Gasteiger partial charge in [0.25, 0.3) is 0 Å². The lowest BCUT2D eigenvalue weighted by Gasteiger charge is -2.30. The molecule has 1 saturated heterocycles. The van der Waals surface area contributed by atoms with Crippen LogP contribution in [0.4, 0.5) is 0 Å². The van der Waals surface area contributed by atoms with Gasteiger partial charge in [0.1, 0.15) is 0 Å². The zero-order chi connectivity index (χ0) is 14.7. The molecule has 114 valence electrons. The molecule has 1 aromatic carbocycles. The normalized spacial score (nSPS) is 17.6. The fraction of sp³-hybridized carbons (Fsp3) is 0.529. The number of halogens is 1. The largest absolute Gasteiger partial charge is 0.361 e. The molecule has 2 aromatic rings. The number of hydrogen-bond acceptors (Lipinski definition) is 2. The van der Waals surface area contributed by atoms with Gasteiger partial charge in [-0.1, -0.05) is 24.6 Å². The maximum atomic E-state index is 6.01. The first-order valence-electron chi connectivity index (χ1n) is 7.91. The molecule has 1 aliphatic heterocycles. The molecule has 1 aliphatic rings. The Bertz CT molecular complexity index is 585. The molecule has 21 heavy (non-hydrogen) atoms. The zero-order valence-electron chi connectivity index (χ0n) is 12.7. The minimum Gasteiger partial charge on any atom is -0.361 e. The van der Waals surface area contributed by atoms with Crippen molar-refractivity contribution in [2.45, 2.75) is 26.3 Å². The highest BCUT2D eigenvalue weighted by Crippen LogP contribution is 2.21. The molecule has 3 rings (SSSR count). The molecule has 0 bridgehead atoms. The van der Waals surface area contributed by atoms with E-state index in [9.17, 15) is 0 Å². The van der Waals surface area contributed by atoms with E-state index in [1.165, 1.54) is 36.9 Å². The summed E-state index contributed by atoms with van der Waals surface area (Å²) in [6.07, 6.45) is 4.78. The number of aromatic amines is 1. The first-order chi connectivity index (χ1) is 10.2. The Kier molecular flexibility index (Phi) is 4.84. The molecule has 0 saturated carbocycles. The second-order valence-electron chi connectivity index (χ2n) is 6.20. The summed E-state index contributed by atoms with van der Waals surface area (Å²) < 4.78 is 0. The van der Waals surface area contributed by atoms with Crippen LogP contribution in [-0.4, -0.2) is 36.1 Å². The second kappa shape index (κ2) is 6.82. The van der Waals surface area contributed by atoms with Crippen LogP contribution in [0.3, 0.4) is 0 Å². The van der Waals surface area contributed by atoms with Crippen molar-refractivity contribution in [3.63, 3.8) is 0 Å². The smallest absolute Gasteiger partial charge is 0.0472 e. The molecule has 4 heteroatoms. The van der Waals surface area contributed by atoms with Crippen LogP contribution in [0.1, 0.15) is 25.3 Å². The second-order valence-corrected chi connectivity index (χ2v) is 6.64. The van der Waals surface area contributed by atoms with Crippen LogP contribution in [-0.2, 0) is 6.54 Å². The number of nitrogens with zero attached hydrogens (tertiary/aromatic N) is 1. The highest BCUT2D eigenvalue weighted by atomic mass is 35.5. The number of nitrogens with one attached hydrogen (secondary N) is 2. The Morgan fingerprint density at radius 2 is 2.14 bits per heavy atom. The lowest BCUT2D eigenvalue weighted by molar-refractivity contribution is 0.193. The first kappa shape index (κ1) is 14.9. The zero-order valence-corrected chi connectivity index (χ0v) is 13.4. The molecule has 0 atom stereocenters. The number of rotatable bonds is 5. The highest BCUT2D eigenvalue weighted by Gasteiger charge is 2.14. The fourth-order valence-electron chi connectivity index (χ4n) is 3.05. The quantitative estimate of drug-likeness (QED) is 0.826. The Morgan fingerprint density at radius 1 is 1.33 bits per heavy atom. The van der Waals surface area contributed by atoms with E-state index < -0.39 is 0 Å². The minimum atomic E-state index is 0.781. The molecule has 2 N–H and O–H groups in total. The van der Waals surface area contributed by atoms with Crippen LogP contribution in [0.15, 0.2) is 24.4 Å². The molecule has 2 heterocycles. The molecule has 3 nitrogen and oxygen atoms in total. The van der Waals surface area contributed by atoms with E-state index >= 15 is 0 Å². The molecule has 0 spiro atoms. The SMILES string of the molecule is CC1CCN(CCNCc2c[nH]c3cc(Cl)ccc23)CC1. The fourth-order valence-corrected chi connectivity index (χ4v) is 3.22. The van der Waals surface area contributed by atoms with Gasteiger partial charge in [-0.25, -0.2) is 0 Å². The van der Waals surface area contributed by atoms with Crippen LogP contribution in [0.25, 0.3) is 10.9 Å². The summed E-state index contributed by atoms with van der Waals surface area (Å²) in [7, 11) is 0. The van der Waals surface area contributed by atoms with Crippen LogP contribution < -0.4 is 5.32 Å². The van der Waals surface area contributed by atoms with Crippen LogP contribution in [0.2, 0.25) is 5.02 Å². The van der Waals surface area contributed by atoms with E-state index in [4.69, 9.17) is 11.6 Å². The van der Waals surface area contributed by atoms with E-state index in [0.29, 0.717) is 0 Å². The van der Waals surface area contributed by atoms with Crippen molar-refractivity contribution in [2.75, 3.05) is 26.2 Å². The van der Waals surface area contributed by atoms with Crippen molar-refractivity contribution in [3.05, 3.63) is 35.0 Å². The van der Waals surface area contributed by atoms with Gasteiger partial charge in [-0.05, 0) is 49.5 Å². The highest BCUT2D eigenvalue weighted by molar-refractivity contribution is 6.31. The number of hydrogen-bond donors (Lipinski definition) is 2. The third kappa shape index (κ3) is 3.79. The number of H-pyrrole nitrogens is 1. The minimum absolute atomic E-state index is 0.781. The molecule has 0 radical (unpaired) electrons. The number of fused-ring (bicyclic) bond motifs is 1. The molecule has 0 amide bonds. The van der Waals surface area contributed by atoms with E-state index in [0.717, 1.165) is 36.1 Å². The van der Waals surface area contributed by atoms with Crippen LogP contribution >= 0.6 is 11.6 Å². The Balaban J connectivity index is 1.46. The third-order valence-corrected chi connectivity index (χ3v) is 4.76. The van der Waals surface area contributed by atoms with Crippen molar-refractivity contribution in [3.8, 4) is 0 Å². The van der Waals surface area contributed by atoms with Crippen LogP contribution in [0, 0.1) is 5.92 Å². The Morgan fingerprint density at radius 3 is 2.95 bits per heavy atom. The summed E-state index contributed by atoms with van der Waals surface area (Å²) in [5, 5.41) is 5.60. The van der Waals surface area contributed by atoms with Crippen molar-refractivity contribution < 1.29 is 0 Å². The summed E-state index contributed by atoms with van der Waals surface area (Å²) in [6.45, 7) is 7.99. The van der Waals surface area contributed by atoms with Gasteiger partial charge in [-0.15, -0.1) is 0 Å². The Labute approximate surface area is 131 Å². The number of aromatic nitrogens is 1. The van der Waals surface area contributed by atoms with Gasteiger partial charge >= 0.3 is 0 Å². The van der Waals surface area contributed by atoms with Crippen molar-refractivity contribution in [1.82, 2.24) is 15.2 Å². The summed E-state index contributed by atoms with van der Waals surface area (Å²) in [4.78, 5) is 5.86. The molecule has 0 unspecified atom stereocenters. The van der Waals surface area contributed by atoms with Gasteiger partial charge in [-0.2, -0.15) is 0 Å². The van der Waals surface area contributed by atoms with Gasteiger partial charge in [0.05, 0.1) is 0 Å². The van der Waals surface area contributed by atoms with E-state index in [2.05, 4.69) is 34.4 Å². The number of piperidine rings is 1. The van der Waals surface area contributed by atoms with E-state index in [-0.39, 0.29) is 0 Å². The predicted molar refractivity (Wildman–Crippen MR) is 89.9 cm³/mol. The standard InChI is InChI=1S/C17H24ClN3/c1-13-4-7-21(8-5-13)9-6-19-11-14-12-20-17-10-15(18)2-3-16(14)17/h2-3,10,12-13,19-20H,4-9,11H2,1H3. The summed E-state index contributed by atoms with van der Waals surface area (Å²) >= 11 is 6.01. The first-order valence-corrected chi connectivity index (χ1v) is 8.29. The average Bonchev–Trinajstić information content (AvgIpc) is 2.87. The maximum Gasteiger partial charge on any atom is 0.0472 e. The lowest BCUT2D eigenvalue weighted by atomic mass is 9.99. The molecular formula is C17H24ClN3. The monoisotopic (exact) mass is 305 g/mol. The molecule has 1 fully saturated rings. The Hall–Kier alpha value is -1.03. The van der Waals surface area contributed by atoms with Crippen molar-refractivity contribution >= 4 is 22.5 Å². The van der Waals surface area contributed by atoms with Gasteiger partial charge in [-0.3, -0.25) is 0 Å². The van der Waals surface area contributed by atoms with Gasteiger partial charge in [0, 0.05) is 41.8 Å². The van der Waals surface area contributed by atoms with E-state index in [1.54, 1.807) is 0 Å². The number of benzene rings is 1. The maximum absolute atomic E-state index is 6.01. The van der Waals surface area contributed by atoms with Crippen molar-refractivity contribution in [2.24, 2.45) is 5.92 Å². The van der Waals surface area contributed by atoms with Crippen molar-refractivity contribution in [1.29, 1.82) is 0 Å². The summed E-state index contributed by atoms with van der Waals surface area (Å²) in [5.74, 6) is 0.909.